The fourth-order valence-corrected chi connectivity index (χ4v) is 12.4. The Kier molecular flexibility index (Phi) is 67.1. The van der Waals surface area contributed by atoms with Crippen LogP contribution in [0.1, 0.15) is 380 Å². The molecule has 0 heterocycles. The SMILES string of the molecule is CC/C=C\C/C=C\C/C=C\C/C=C\C/C=C\CCCCCCCCCCCCCCCCCCCCCCCCCC(=O)NC(COP(=O)([O-])OCC[N+](C)(C)C)C(O)CCCCCCCCCCCCCCCCCCCCCCCCCCCC. The molecule has 0 aromatic rings. The Balaban J connectivity index is 3.92. The van der Waals surface area contributed by atoms with Gasteiger partial charge in [-0.05, 0) is 57.8 Å². The van der Waals surface area contributed by atoms with Crippen LogP contribution in [-0.4, -0.2) is 68.5 Å². The number of rotatable bonds is 71. The number of quaternary nitrogens is 1. The van der Waals surface area contributed by atoms with Gasteiger partial charge in [-0.2, -0.15) is 0 Å². The van der Waals surface area contributed by atoms with Crippen LogP contribution in [0.15, 0.2) is 60.8 Å². The summed E-state index contributed by atoms with van der Waals surface area (Å²) in [7, 11) is 1.32. The minimum atomic E-state index is -4.58. The molecule has 0 aliphatic rings. The van der Waals surface area contributed by atoms with Crippen molar-refractivity contribution in [3.05, 3.63) is 60.8 Å². The molecule has 0 bridgehead atoms. The van der Waals surface area contributed by atoms with E-state index in [0.717, 1.165) is 70.6 Å². The number of nitrogens with zero attached hydrogens (tertiary/aromatic N) is 1. The first kappa shape index (κ1) is 85.2. The van der Waals surface area contributed by atoms with Gasteiger partial charge in [-0.3, -0.25) is 9.36 Å². The van der Waals surface area contributed by atoms with Crippen LogP contribution in [0, 0.1) is 0 Å². The van der Waals surface area contributed by atoms with Crippen LogP contribution in [-0.2, 0) is 18.4 Å². The summed E-state index contributed by atoms with van der Waals surface area (Å²) in [5.41, 5.74) is 0. The maximum absolute atomic E-state index is 13.1. The molecule has 0 aliphatic heterocycles. The smallest absolute Gasteiger partial charge is 0.268 e. The highest BCUT2D eigenvalue weighted by molar-refractivity contribution is 7.45. The Morgan fingerprint density at radius 1 is 0.414 bits per heavy atom. The summed E-state index contributed by atoms with van der Waals surface area (Å²) < 4.78 is 23.6. The van der Waals surface area contributed by atoms with Crippen LogP contribution < -0.4 is 10.2 Å². The van der Waals surface area contributed by atoms with Crippen molar-refractivity contribution in [2.24, 2.45) is 0 Å². The highest BCUT2D eigenvalue weighted by atomic mass is 31.2. The molecule has 0 spiro atoms. The van der Waals surface area contributed by atoms with Gasteiger partial charge < -0.3 is 28.8 Å². The van der Waals surface area contributed by atoms with Gasteiger partial charge in [0.15, 0.2) is 0 Å². The van der Waals surface area contributed by atoms with E-state index in [-0.39, 0.29) is 19.1 Å². The van der Waals surface area contributed by atoms with Gasteiger partial charge in [0.05, 0.1) is 39.9 Å². The number of nitrogens with one attached hydrogen (secondary N) is 1. The zero-order valence-corrected chi connectivity index (χ0v) is 59.6. The predicted molar refractivity (Wildman–Crippen MR) is 381 cm³/mol. The van der Waals surface area contributed by atoms with Gasteiger partial charge in [-0.15, -0.1) is 0 Å². The maximum Gasteiger partial charge on any atom is 0.268 e. The van der Waals surface area contributed by atoms with Crippen LogP contribution in [0.4, 0.5) is 0 Å². The molecule has 0 rings (SSSR count). The summed E-state index contributed by atoms with van der Waals surface area (Å²) in [4.78, 5) is 25.7. The molecule has 3 unspecified atom stereocenters. The first-order valence-corrected chi connectivity index (χ1v) is 39.6. The van der Waals surface area contributed by atoms with Crippen LogP contribution in [0.3, 0.4) is 0 Å². The Labute approximate surface area is 542 Å². The zero-order chi connectivity index (χ0) is 63.4. The minimum absolute atomic E-state index is 0.0139. The van der Waals surface area contributed by atoms with Crippen molar-refractivity contribution >= 4 is 13.7 Å². The van der Waals surface area contributed by atoms with Crippen molar-refractivity contribution in [1.82, 2.24) is 5.32 Å². The Bertz CT molecular complexity index is 1600. The van der Waals surface area contributed by atoms with Crippen LogP contribution in [0.25, 0.3) is 0 Å². The van der Waals surface area contributed by atoms with Gasteiger partial charge in [0.2, 0.25) is 5.91 Å². The van der Waals surface area contributed by atoms with E-state index in [2.05, 4.69) is 79.9 Å². The van der Waals surface area contributed by atoms with Crippen LogP contribution in [0.2, 0.25) is 0 Å². The summed E-state index contributed by atoms with van der Waals surface area (Å²) in [6, 6.07) is -0.802. The van der Waals surface area contributed by atoms with Crippen molar-refractivity contribution in [1.29, 1.82) is 0 Å². The monoisotopic (exact) mass is 1240 g/mol. The average Bonchev–Trinajstić information content (AvgIpc) is 3.69. The van der Waals surface area contributed by atoms with Crippen molar-refractivity contribution in [3.8, 4) is 0 Å². The summed E-state index contributed by atoms with van der Waals surface area (Å²) >= 11 is 0. The van der Waals surface area contributed by atoms with E-state index in [1.807, 2.05) is 21.1 Å². The van der Waals surface area contributed by atoms with Crippen LogP contribution >= 0.6 is 7.82 Å². The largest absolute Gasteiger partial charge is 0.756 e. The predicted octanol–water partition coefficient (Wildman–Crippen LogP) is 24.1. The van der Waals surface area contributed by atoms with Gasteiger partial charge in [0.1, 0.15) is 13.2 Å². The fraction of sp³-hybridized carbons (Fsp3) is 0.859. The molecule has 0 saturated heterocycles. The number of amides is 1. The molecular formula is C78H149N2O6P. The second-order valence-electron chi connectivity index (χ2n) is 27.3. The van der Waals surface area contributed by atoms with Gasteiger partial charge >= 0.3 is 0 Å². The summed E-state index contributed by atoms with van der Waals surface area (Å²) in [5.74, 6) is -0.157. The number of allylic oxidation sites excluding steroid dienone is 10. The first-order valence-electron chi connectivity index (χ1n) is 38.1. The van der Waals surface area contributed by atoms with Crippen molar-refractivity contribution in [2.45, 2.75) is 392 Å². The number of carbonyl (C=O) groups excluding carboxylic acids is 1. The third-order valence-corrected chi connectivity index (χ3v) is 18.5. The van der Waals surface area contributed by atoms with Gasteiger partial charge in [0.25, 0.3) is 7.82 Å². The maximum atomic E-state index is 13.1. The minimum Gasteiger partial charge on any atom is -0.756 e. The molecule has 8 nitrogen and oxygen atoms in total. The molecular weight excluding hydrogens is 1090 g/mol. The second-order valence-corrected chi connectivity index (χ2v) is 28.7. The second kappa shape index (κ2) is 68.6. The summed E-state index contributed by atoms with van der Waals surface area (Å²) in [6.45, 7) is 4.67. The number of phosphoric acid groups is 1. The van der Waals surface area contributed by atoms with E-state index in [1.54, 1.807) is 0 Å². The van der Waals surface area contributed by atoms with Gasteiger partial charge in [0, 0.05) is 6.42 Å². The molecule has 1 amide bonds. The molecule has 0 aromatic carbocycles. The third-order valence-electron chi connectivity index (χ3n) is 17.5. The first-order chi connectivity index (χ1) is 42.5. The molecule has 3 atom stereocenters. The molecule has 0 aliphatic carbocycles. The van der Waals surface area contributed by atoms with E-state index in [1.165, 1.54) is 283 Å². The topological polar surface area (TPSA) is 108 Å². The number of hydrogen-bond donors (Lipinski definition) is 2. The normalized spacial score (nSPS) is 13.9. The average molecular weight is 1240 g/mol. The number of phosphoric ester groups is 1. The van der Waals surface area contributed by atoms with E-state index in [0.29, 0.717) is 23.9 Å². The quantitative estimate of drug-likeness (QED) is 0.0272. The number of carbonyl (C=O) groups is 1. The number of aliphatic hydroxyl groups is 1. The van der Waals surface area contributed by atoms with Gasteiger partial charge in [-0.1, -0.05) is 376 Å². The number of hydrogen-bond acceptors (Lipinski definition) is 6. The molecule has 512 valence electrons. The lowest BCUT2D eigenvalue weighted by molar-refractivity contribution is -0.870. The van der Waals surface area contributed by atoms with Crippen LogP contribution in [0.5, 0.6) is 0 Å². The fourth-order valence-electron chi connectivity index (χ4n) is 11.7. The number of likely N-dealkylation sites (N-methyl/N-ethyl adjacent to an activating group) is 1. The summed E-state index contributed by atoms with van der Waals surface area (Å²) in [5, 5.41) is 14.1. The van der Waals surface area contributed by atoms with E-state index in [9.17, 15) is 19.4 Å². The Hall–Kier alpha value is -1.80. The number of aliphatic hydroxyl groups excluding tert-OH is 1. The Morgan fingerprint density at radius 2 is 0.701 bits per heavy atom. The van der Waals surface area contributed by atoms with E-state index < -0.39 is 20.0 Å². The Morgan fingerprint density at radius 3 is 1.02 bits per heavy atom. The highest BCUT2D eigenvalue weighted by Gasteiger charge is 2.24. The molecule has 9 heteroatoms. The molecule has 0 radical (unpaired) electrons. The standard InChI is InChI=1S/C78H149N2O6P/c1-6-8-10-12-14-16-18-20-22-24-26-28-30-32-34-35-36-37-38-39-40-41-42-43-44-45-46-48-50-52-54-56-58-60-62-64-66-68-70-72-78(82)79-76(75-86-87(83,84)85-74-73-80(3,4)5)77(81)71-69-67-65-63-61-59-57-55-53-51-49-47-33-31-29-27-25-23-21-19-17-15-13-11-9-7-2/h8,10,14,16,20,22,26,28,32,34,76-77,81H,6-7,9,11-13,15,17-19,21,23-25,27,29-31,33,35-75H2,1-5H3,(H-,79,82,83,84)/b10-8-,16-14-,22-20-,28-26-,34-32-. The van der Waals surface area contributed by atoms with E-state index in [4.69, 9.17) is 9.05 Å². The molecule has 0 aromatic heterocycles. The zero-order valence-electron chi connectivity index (χ0n) is 58.7. The lowest BCUT2D eigenvalue weighted by atomic mass is 10.0. The molecule has 0 fully saturated rings. The van der Waals surface area contributed by atoms with E-state index >= 15 is 0 Å². The lowest BCUT2D eigenvalue weighted by Gasteiger charge is -2.30. The third kappa shape index (κ3) is 71.5. The summed E-state index contributed by atoms with van der Waals surface area (Å²) in [6.07, 6.45) is 94.7. The molecule has 87 heavy (non-hydrogen) atoms. The van der Waals surface area contributed by atoms with Crippen molar-refractivity contribution < 1.29 is 32.9 Å². The number of unbranched alkanes of at least 4 members (excludes halogenated alkanes) is 48. The lowest BCUT2D eigenvalue weighted by Crippen LogP contribution is -2.46. The molecule has 2 N–H and O–H groups in total. The highest BCUT2D eigenvalue weighted by Crippen LogP contribution is 2.38. The van der Waals surface area contributed by atoms with Crippen molar-refractivity contribution in [3.63, 3.8) is 0 Å². The van der Waals surface area contributed by atoms with Gasteiger partial charge in [-0.25, -0.2) is 0 Å². The molecule has 0 saturated carbocycles. The van der Waals surface area contributed by atoms with Crippen molar-refractivity contribution in [2.75, 3.05) is 40.9 Å².